The van der Waals surface area contributed by atoms with Gasteiger partial charge in [0, 0.05) is 23.9 Å². The fourth-order valence-electron chi connectivity index (χ4n) is 4.00. The van der Waals surface area contributed by atoms with Gasteiger partial charge < -0.3 is 14.7 Å². The summed E-state index contributed by atoms with van der Waals surface area (Å²) in [5, 5.41) is 9.73. The monoisotopic (exact) mass is 611 g/mol. The van der Waals surface area contributed by atoms with Crippen molar-refractivity contribution in [2.75, 3.05) is 18.0 Å². The number of alkyl halides is 10. The van der Waals surface area contributed by atoms with Gasteiger partial charge in [-0.15, -0.1) is 0 Å². The lowest BCUT2D eigenvalue weighted by Gasteiger charge is -2.29. The fraction of sp³-hybridized carbons (Fsp3) is 0.379. The molecule has 0 radical (unpaired) electrons. The predicted molar refractivity (Wildman–Crippen MR) is 136 cm³/mol. The molecule has 42 heavy (non-hydrogen) atoms. The van der Waals surface area contributed by atoms with Gasteiger partial charge in [0.05, 0.1) is 6.54 Å². The van der Waals surface area contributed by atoms with E-state index in [-0.39, 0.29) is 35.9 Å². The molecule has 0 heterocycles. The molecule has 1 N–H and O–H groups in total. The predicted octanol–water partition coefficient (Wildman–Crippen LogP) is 8.86. The molecule has 230 valence electrons. The van der Waals surface area contributed by atoms with Crippen LogP contribution in [0.15, 0.2) is 72.8 Å². The van der Waals surface area contributed by atoms with Crippen molar-refractivity contribution in [1.82, 2.24) is 0 Å². The number of hydrogen-bond acceptors (Lipinski definition) is 3. The van der Waals surface area contributed by atoms with Crippen LogP contribution in [0.1, 0.15) is 36.5 Å². The molecule has 0 bridgehead atoms. The molecule has 0 saturated carbocycles. The average molecular weight is 612 g/mol. The zero-order valence-electron chi connectivity index (χ0n) is 22.3. The molecule has 0 aliphatic rings. The normalized spacial score (nSPS) is 13.8. The van der Waals surface area contributed by atoms with Crippen molar-refractivity contribution in [2.45, 2.75) is 56.5 Å². The van der Waals surface area contributed by atoms with Crippen molar-refractivity contribution in [2.24, 2.45) is 0 Å². The molecule has 3 aromatic carbocycles. The Labute approximate surface area is 235 Å². The number of nitrogens with zero attached hydrogens (tertiary/aromatic N) is 1. The molecule has 1 atom stereocenters. The van der Waals surface area contributed by atoms with Gasteiger partial charge in [-0.05, 0) is 53.8 Å². The van der Waals surface area contributed by atoms with Gasteiger partial charge in [0.1, 0.15) is 11.5 Å². The summed E-state index contributed by atoms with van der Waals surface area (Å²) in [4.78, 5) is 1.07. The smallest absolute Gasteiger partial charge is 0.457 e. The highest BCUT2D eigenvalue weighted by Crippen LogP contribution is 2.51. The standard InChI is InChI=1S/C29H27F10NO2/c1-18(2)20-7-4-10-23(15-20)42-24-11-5-9-22(16-24)40(17-25(41)27(32,33)34)13-12-19-6-3-8-21(14-19)26(30,31)28(35,36)29(37,38)39/h3-11,14-16,18,25,41H,12-13,17H2,1-2H3. The van der Waals surface area contributed by atoms with Gasteiger partial charge in [0.25, 0.3) is 0 Å². The molecule has 0 aliphatic carbocycles. The SMILES string of the molecule is CC(C)c1cccc(Oc2cccc(N(CCc3cccc(C(F)(F)C(F)(F)C(F)(F)F)c3)CC(O)C(F)(F)F)c2)c1. The average Bonchev–Trinajstić information content (AvgIpc) is 2.90. The van der Waals surface area contributed by atoms with Gasteiger partial charge >= 0.3 is 24.2 Å². The Morgan fingerprint density at radius 2 is 1.36 bits per heavy atom. The first kappa shape index (κ1) is 33.0. The molecule has 3 rings (SSSR count). The van der Waals surface area contributed by atoms with Crippen LogP contribution in [-0.4, -0.2) is 42.6 Å². The van der Waals surface area contributed by atoms with Crippen LogP contribution < -0.4 is 9.64 Å². The van der Waals surface area contributed by atoms with E-state index in [1.54, 1.807) is 18.2 Å². The number of ether oxygens (including phenoxy) is 1. The van der Waals surface area contributed by atoms with Gasteiger partial charge in [-0.1, -0.05) is 50.2 Å². The second kappa shape index (κ2) is 12.4. The van der Waals surface area contributed by atoms with E-state index in [0.717, 1.165) is 22.6 Å². The Morgan fingerprint density at radius 3 is 1.95 bits per heavy atom. The Bertz CT molecular complexity index is 1340. The molecule has 0 fully saturated rings. The molecule has 13 heteroatoms. The quantitative estimate of drug-likeness (QED) is 0.220. The Morgan fingerprint density at radius 1 is 0.762 bits per heavy atom. The summed E-state index contributed by atoms with van der Waals surface area (Å²) in [5.41, 5.74) is -0.641. The largest absolute Gasteiger partial charge is 0.460 e. The molecule has 0 aliphatic heterocycles. The van der Waals surface area contributed by atoms with Crippen LogP contribution in [0.3, 0.4) is 0 Å². The minimum atomic E-state index is -6.53. The highest BCUT2D eigenvalue weighted by atomic mass is 19.4. The minimum Gasteiger partial charge on any atom is -0.457 e. The number of aliphatic hydroxyl groups is 1. The fourth-order valence-corrected chi connectivity index (χ4v) is 4.00. The van der Waals surface area contributed by atoms with Crippen LogP contribution in [0, 0.1) is 0 Å². The van der Waals surface area contributed by atoms with Crippen molar-refractivity contribution in [3.05, 3.63) is 89.5 Å². The minimum absolute atomic E-state index is 0.140. The maximum absolute atomic E-state index is 14.2. The summed E-state index contributed by atoms with van der Waals surface area (Å²) >= 11 is 0. The van der Waals surface area contributed by atoms with E-state index in [1.165, 1.54) is 24.3 Å². The lowest BCUT2D eigenvalue weighted by molar-refractivity contribution is -0.359. The highest BCUT2D eigenvalue weighted by Gasteiger charge is 2.73. The first-order valence-corrected chi connectivity index (χ1v) is 12.6. The molecule has 0 aromatic heterocycles. The van der Waals surface area contributed by atoms with Gasteiger partial charge in [0.2, 0.25) is 0 Å². The Hall–Kier alpha value is -3.48. The summed E-state index contributed by atoms with van der Waals surface area (Å²) in [5.74, 6) is -11.1. The van der Waals surface area contributed by atoms with E-state index in [4.69, 9.17) is 4.74 Å². The van der Waals surface area contributed by atoms with E-state index in [1.807, 2.05) is 19.9 Å². The molecule has 0 spiro atoms. The maximum Gasteiger partial charge on any atom is 0.460 e. The van der Waals surface area contributed by atoms with Crippen molar-refractivity contribution in [3.63, 3.8) is 0 Å². The number of benzene rings is 3. The second-order valence-corrected chi connectivity index (χ2v) is 9.93. The summed E-state index contributed by atoms with van der Waals surface area (Å²) in [6.45, 7) is 2.60. The van der Waals surface area contributed by atoms with Crippen LogP contribution >= 0.6 is 0 Å². The summed E-state index contributed by atoms with van der Waals surface area (Å²) in [6.07, 6.45) is -14.7. The molecule has 3 nitrogen and oxygen atoms in total. The van der Waals surface area contributed by atoms with Crippen molar-refractivity contribution in [3.8, 4) is 11.5 Å². The first-order valence-electron chi connectivity index (χ1n) is 12.6. The number of aliphatic hydroxyl groups excluding tert-OH is 1. The molecular weight excluding hydrogens is 584 g/mol. The van der Waals surface area contributed by atoms with E-state index in [2.05, 4.69) is 0 Å². The first-order chi connectivity index (χ1) is 19.3. The zero-order chi connectivity index (χ0) is 31.5. The highest BCUT2D eigenvalue weighted by molar-refractivity contribution is 5.52. The number of halogens is 10. The van der Waals surface area contributed by atoms with Crippen LogP contribution in [0.2, 0.25) is 0 Å². The second-order valence-electron chi connectivity index (χ2n) is 9.93. The van der Waals surface area contributed by atoms with E-state index < -0.39 is 42.4 Å². The van der Waals surface area contributed by atoms with Crippen molar-refractivity contribution < 1.29 is 53.7 Å². The number of anilines is 1. The molecule has 0 amide bonds. The van der Waals surface area contributed by atoms with Gasteiger partial charge in [0.15, 0.2) is 6.10 Å². The topological polar surface area (TPSA) is 32.7 Å². The van der Waals surface area contributed by atoms with Gasteiger partial charge in [-0.2, -0.15) is 43.9 Å². The molecular formula is C29H27F10NO2. The maximum atomic E-state index is 14.2. The summed E-state index contributed by atoms with van der Waals surface area (Å²) < 4.78 is 139. The number of rotatable bonds is 11. The summed E-state index contributed by atoms with van der Waals surface area (Å²) in [6, 6.07) is 15.8. The van der Waals surface area contributed by atoms with Crippen LogP contribution in [0.25, 0.3) is 0 Å². The Balaban J connectivity index is 1.88. The zero-order valence-corrected chi connectivity index (χ0v) is 22.3. The van der Waals surface area contributed by atoms with Crippen LogP contribution in [-0.2, 0) is 12.3 Å². The van der Waals surface area contributed by atoms with Gasteiger partial charge in [-0.3, -0.25) is 0 Å². The third kappa shape index (κ3) is 7.67. The molecule has 0 saturated heterocycles. The van der Waals surface area contributed by atoms with Crippen LogP contribution in [0.5, 0.6) is 11.5 Å². The van der Waals surface area contributed by atoms with Crippen LogP contribution in [0.4, 0.5) is 49.6 Å². The third-order valence-electron chi connectivity index (χ3n) is 6.42. The summed E-state index contributed by atoms with van der Waals surface area (Å²) in [7, 11) is 0. The lowest BCUT2D eigenvalue weighted by atomic mass is 9.98. The molecule has 3 aromatic rings. The number of hydrogen-bond donors (Lipinski definition) is 1. The van der Waals surface area contributed by atoms with Crippen molar-refractivity contribution >= 4 is 5.69 Å². The lowest BCUT2D eigenvalue weighted by Crippen LogP contribution is -2.50. The molecule has 1 unspecified atom stereocenters. The van der Waals surface area contributed by atoms with Gasteiger partial charge in [-0.25, -0.2) is 0 Å². The Kier molecular flexibility index (Phi) is 9.75. The van der Waals surface area contributed by atoms with Crippen molar-refractivity contribution in [1.29, 1.82) is 0 Å². The van der Waals surface area contributed by atoms with E-state index >= 15 is 0 Å². The third-order valence-corrected chi connectivity index (χ3v) is 6.42. The van der Waals surface area contributed by atoms with E-state index in [0.29, 0.717) is 17.9 Å². The van der Waals surface area contributed by atoms with E-state index in [9.17, 15) is 49.0 Å².